The first-order chi connectivity index (χ1) is 10.6. The van der Waals surface area contributed by atoms with Gasteiger partial charge in [-0.15, -0.1) is 0 Å². The number of hydrogen-bond acceptors (Lipinski definition) is 3. The second-order valence-electron chi connectivity index (χ2n) is 4.91. The third-order valence-corrected chi connectivity index (χ3v) is 3.04. The fourth-order valence-corrected chi connectivity index (χ4v) is 1.94. The van der Waals surface area contributed by atoms with E-state index in [0.29, 0.717) is 11.4 Å². The van der Waals surface area contributed by atoms with Crippen molar-refractivity contribution in [3.63, 3.8) is 0 Å². The zero-order valence-electron chi connectivity index (χ0n) is 12.9. The summed E-state index contributed by atoms with van der Waals surface area (Å²) in [5, 5.41) is 2.80. The average molecular weight is 297 g/mol. The van der Waals surface area contributed by atoms with Crippen LogP contribution < -0.4 is 10.1 Å². The van der Waals surface area contributed by atoms with E-state index >= 15 is 0 Å². The van der Waals surface area contributed by atoms with Crippen molar-refractivity contribution in [2.75, 3.05) is 12.4 Å². The molecule has 2 aromatic carbocycles. The number of rotatable bonds is 5. The summed E-state index contributed by atoms with van der Waals surface area (Å²) in [7, 11) is 1.47. The lowest BCUT2D eigenvalue weighted by Crippen LogP contribution is -2.19. The summed E-state index contributed by atoms with van der Waals surface area (Å²) in [4.78, 5) is 12.3. The molecule has 0 saturated heterocycles. The van der Waals surface area contributed by atoms with E-state index < -0.39 is 0 Å². The molecular formula is C18H19NO3. The first-order valence-electron chi connectivity index (χ1n) is 6.94. The molecule has 0 atom stereocenters. The van der Waals surface area contributed by atoms with Gasteiger partial charge in [-0.2, -0.15) is 0 Å². The van der Waals surface area contributed by atoms with Gasteiger partial charge in [-0.1, -0.05) is 30.3 Å². The van der Waals surface area contributed by atoms with Gasteiger partial charge in [-0.25, -0.2) is 0 Å². The summed E-state index contributed by atoms with van der Waals surface area (Å²) in [5.41, 5.74) is 2.71. The molecule has 0 unspecified atom stereocenters. The summed E-state index contributed by atoms with van der Waals surface area (Å²) in [6.45, 7) is 3.88. The molecule has 1 N–H and O–H groups in total. The normalized spacial score (nSPS) is 11.0. The van der Waals surface area contributed by atoms with Crippen molar-refractivity contribution in [3.8, 4) is 5.75 Å². The molecule has 1 amide bonds. The van der Waals surface area contributed by atoms with Gasteiger partial charge in [0.25, 0.3) is 5.91 Å². The van der Waals surface area contributed by atoms with E-state index in [1.807, 2.05) is 56.3 Å². The predicted molar refractivity (Wildman–Crippen MR) is 86.7 cm³/mol. The van der Waals surface area contributed by atoms with Crippen molar-refractivity contribution in [2.45, 2.75) is 13.8 Å². The van der Waals surface area contributed by atoms with Crippen LogP contribution in [-0.4, -0.2) is 13.0 Å². The van der Waals surface area contributed by atoms with Gasteiger partial charge in [0.2, 0.25) is 5.76 Å². The number of ether oxygens (including phenoxy) is 2. The molecule has 22 heavy (non-hydrogen) atoms. The molecule has 2 rings (SSSR count). The second kappa shape index (κ2) is 7.31. The van der Waals surface area contributed by atoms with Gasteiger partial charge < -0.3 is 14.8 Å². The molecule has 2 aromatic rings. The van der Waals surface area contributed by atoms with Gasteiger partial charge in [-0.3, -0.25) is 4.79 Å². The Morgan fingerprint density at radius 2 is 1.86 bits per heavy atom. The molecule has 0 spiro atoms. The molecule has 0 bridgehead atoms. The molecule has 0 radical (unpaired) electrons. The Bertz CT molecular complexity index is 692. The van der Waals surface area contributed by atoms with Crippen LogP contribution in [0.25, 0.3) is 0 Å². The number of amides is 1. The van der Waals surface area contributed by atoms with Gasteiger partial charge in [-0.05, 0) is 43.2 Å². The minimum absolute atomic E-state index is 0.0957. The lowest BCUT2D eigenvalue weighted by molar-refractivity contribution is -0.115. The van der Waals surface area contributed by atoms with Gasteiger partial charge in [0.05, 0.1) is 7.11 Å². The minimum Gasteiger partial charge on any atom is -0.500 e. The molecule has 0 saturated carbocycles. The Hall–Kier alpha value is -2.75. The van der Waals surface area contributed by atoms with Crippen molar-refractivity contribution < 1.29 is 14.3 Å². The van der Waals surface area contributed by atoms with Crippen LogP contribution >= 0.6 is 0 Å². The van der Waals surface area contributed by atoms with Crippen LogP contribution in [0.5, 0.6) is 5.75 Å². The zero-order valence-corrected chi connectivity index (χ0v) is 12.9. The van der Waals surface area contributed by atoms with Crippen molar-refractivity contribution in [3.05, 3.63) is 71.7 Å². The van der Waals surface area contributed by atoms with E-state index in [2.05, 4.69) is 5.32 Å². The van der Waals surface area contributed by atoms with Crippen LogP contribution in [0.3, 0.4) is 0 Å². The van der Waals surface area contributed by atoms with Crippen LogP contribution in [0.1, 0.15) is 11.1 Å². The number of anilines is 1. The summed E-state index contributed by atoms with van der Waals surface area (Å²) < 4.78 is 10.6. The summed E-state index contributed by atoms with van der Waals surface area (Å²) >= 11 is 0. The fraction of sp³-hybridized carbons (Fsp3) is 0.167. The van der Waals surface area contributed by atoms with E-state index in [1.165, 1.54) is 13.4 Å². The summed E-state index contributed by atoms with van der Waals surface area (Å²) in [6.07, 6.45) is 1.29. The number of carbonyl (C=O) groups is 1. The van der Waals surface area contributed by atoms with Crippen molar-refractivity contribution in [1.82, 2.24) is 0 Å². The fourth-order valence-electron chi connectivity index (χ4n) is 1.94. The molecule has 0 aliphatic heterocycles. The molecule has 4 nitrogen and oxygen atoms in total. The smallest absolute Gasteiger partial charge is 0.294 e. The van der Waals surface area contributed by atoms with Crippen LogP contribution in [0, 0.1) is 13.8 Å². The lowest BCUT2D eigenvalue weighted by atomic mass is 10.2. The minimum atomic E-state index is -0.365. The van der Waals surface area contributed by atoms with Crippen LogP contribution in [-0.2, 0) is 9.53 Å². The number of para-hydroxylation sites is 1. The molecule has 114 valence electrons. The Kier molecular flexibility index (Phi) is 5.20. The van der Waals surface area contributed by atoms with Crippen molar-refractivity contribution in [2.24, 2.45) is 0 Å². The second-order valence-corrected chi connectivity index (χ2v) is 4.91. The molecular weight excluding hydrogens is 278 g/mol. The van der Waals surface area contributed by atoms with Crippen molar-refractivity contribution >= 4 is 11.6 Å². The van der Waals surface area contributed by atoms with E-state index in [4.69, 9.17) is 9.47 Å². The Morgan fingerprint density at radius 3 is 2.55 bits per heavy atom. The van der Waals surface area contributed by atoms with E-state index in [0.717, 1.165) is 11.1 Å². The predicted octanol–water partition coefficient (Wildman–Crippen LogP) is 3.81. The highest BCUT2D eigenvalue weighted by Gasteiger charge is 2.14. The highest BCUT2D eigenvalue weighted by molar-refractivity contribution is 6.02. The van der Waals surface area contributed by atoms with Gasteiger partial charge >= 0.3 is 0 Å². The largest absolute Gasteiger partial charge is 0.500 e. The van der Waals surface area contributed by atoms with Gasteiger partial charge in [0, 0.05) is 5.69 Å². The average Bonchev–Trinajstić information content (AvgIpc) is 2.49. The topological polar surface area (TPSA) is 47.6 Å². The number of aryl methyl sites for hydroxylation is 2. The van der Waals surface area contributed by atoms with Crippen LogP contribution in [0.4, 0.5) is 5.69 Å². The number of hydrogen-bond donors (Lipinski definition) is 1. The molecule has 0 heterocycles. The zero-order chi connectivity index (χ0) is 15.9. The number of benzene rings is 2. The molecule has 4 heteroatoms. The third-order valence-electron chi connectivity index (χ3n) is 3.04. The number of carbonyl (C=O) groups excluding carboxylic acids is 1. The molecule has 0 aromatic heterocycles. The summed E-state index contributed by atoms with van der Waals surface area (Å²) in [5.74, 6) is 0.346. The Morgan fingerprint density at radius 1 is 1.09 bits per heavy atom. The lowest BCUT2D eigenvalue weighted by Gasteiger charge is -2.12. The molecule has 0 fully saturated rings. The van der Waals surface area contributed by atoms with Gasteiger partial charge in [0.1, 0.15) is 12.0 Å². The number of methoxy groups -OCH3 is 1. The van der Waals surface area contributed by atoms with E-state index in [-0.39, 0.29) is 11.7 Å². The molecule has 0 aliphatic carbocycles. The Balaban J connectivity index is 2.16. The molecule has 0 aliphatic rings. The summed E-state index contributed by atoms with van der Waals surface area (Å²) in [6, 6.07) is 15.0. The highest BCUT2D eigenvalue weighted by Crippen LogP contribution is 2.20. The SMILES string of the molecule is COC=C(Oc1ccccc1C)C(=O)Nc1cccc(C)c1. The van der Waals surface area contributed by atoms with Crippen LogP contribution in [0.2, 0.25) is 0 Å². The van der Waals surface area contributed by atoms with E-state index in [9.17, 15) is 4.79 Å². The van der Waals surface area contributed by atoms with E-state index in [1.54, 1.807) is 6.07 Å². The van der Waals surface area contributed by atoms with Crippen molar-refractivity contribution in [1.29, 1.82) is 0 Å². The first-order valence-corrected chi connectivity index (χ1v) is 6.94. The highest BCUT2D eigenvalue weighted by atomic mass is 16.5. The van der Waals surface area contributed by atoms with Gasteiger partial charge in [0.15, 0.2) is 0 Å². The van der Waals surface area contributed by atoms with Crippen LogP contribution in [0.15, 0.2) is 60.6 Å². The third kappa shape index (κ3) is 4.12. The monoisotopic (exact) mass is 297 g/mol. The standard InChI is InChI=1S/C18H19NO3/c1-13-7-6-9-15(11-13)19-18(20)17(12-21-3)22-16-10-5-4-8-14(16)2/h4-12H,1-3H3,(H,19,20). The maximum Gasteiger partial charge on any atom is 0.294 e. The maximum atomic E-state index is 12.3. The first kappa shape index (κ1) is 15.6. The maximum absolute atomic E-state index is 12.3. The Labute approximate surface area is 130 Å². The quantitative estimate of drug-likeness (QED) is 0.674. The number of nitrogens with one attached hydrogen (secondary N) is 1.